The van der Waals surface area contributed by atoms with Crippen LogP contribution in [0.2, 0.25) is 0 Å². The molecule has 1 nitrogen and oxygen atoms in total. The molecule has 2 aromatic rings. The molecule has 0 radical (unpaired) electrons. The van der Waals surface area contributed by atoms with Crippen molar-refractivity contribution in [1.29, 1.82) is 0 Å². The Morgan fingerprint density at radius 2 is 1.94 bits per heavy atom. The van der Waals surface area contributed by atoms with E-state index < -0.39 is 0 Å². The van der Waals surface area contributed by atoms with Crippen LogP contribution in [0.5, 0.6) is 0 Å². The lowest BCUT2D eigenvalue weighted by Crippen LogP contribution is -2.14. The third-order valence-electron chi connectivity index (χ3n) is 3.29. The van der Waals surface area contributed by atoms with Gasteiger partial charge in [0.2, 0.25) is 0 Å². The molecule has 0 saturated carbocycles. The Morgan fingerprint density at radius 3 is 2.61 bits per heavy atom. The van der Waals surface area contributed by atoms with E-state index in [0.717, 1.165) is 6.42 Å². The van der Waals surface area contributed by atoms with Gasteiger partial charge in [-0.2, -0.15) is 0 Å². The predicted molar refractivity (Wildman–Crippen MR) is 80.9 cm³/mol. The highest BCUT2D eigenvalue weighted by Crippen LogP contribution is 2.33. The van der Waals surface area contributed by atoms with Crippen molar-refractivity contribution in [1.82, 2.24) is 0 Å². The minimum absolute atomic E-state index is 0.151. The van der Waals surface area contributed by atoms with Gasteiger partial charge in [-0.1, -0.05) is 45.0 Å². The number of aryl methyl sites for hydroxylation is 1. The maximum atomic E-state index is 6.20. The van der Waals surface area contributed by atoms with E-state index in [9.17, 15) is 0 Å². The maximum Gasteiger partial charge on any atom is 0.0413 e. The third kappa shape index (κ3) is 2.82. The molecule has 0 aliphatic heterocycles. The highest BCUT2D eigenvalue weighted by atomic mass is 32.1. The number of hydrogen-bond donors (Lipinski definition) is 1. The largest absolute Gasteiger partial charge is 0.323 e. The minimum atomic E-state index is 0.151. The lowest BCUT2D eigenvalue weighted by Gasteiger charge is -2.12. The number of rotatable bonds is 4. The topological polar surface area (TPSA) is 26.0 Å². The molecule has 96 valence electrons. The lowest BCUT2D eigenvalue weighted by molar-refractivity contribution is 0.521. The van der Waals surface area contributed by atoms with Gasteiger partial charge in [0.15, 0.2) is 0 Å². The lowest BCUT2D eigenvalue weighted by atomic mass is 10.0. The normalized spacial score (nSPS) is 12.9. The maximum absolute atomic E-state index is 6.20. The van der Waals surface area contributed by atoms with E-state index in [0.29, 0.717) is 5.92 Å². The van der Waals surface area contributed by atoms with Crippen molar-refractivity contribution >= 4 is 11.3 Å². The molecule has 1 aromatic heterocycles. The molecule has 0 spiro atoms. The SMILES string of the molecule is CCc1cccc(-c2ccc(C(N)C(C)C)s2)c1. The summed E-state index contributed by atoms with van der Waals surface area (Å²) in [7, 11) is 0. The van der Waals surface area contributed by atoms with Crippen LogP contribution in [0.3, 0.4) is 0 Å². The van der Waals surface area contributed by atoms with Crippen molar-refractivity contribution in [3.05, 3.63) is 46.8 Å². The van der Waals surface area contributed by atoms with Crippen LogP contribution in [0, 0.1) is 5.92 Å². The first-order valence-electron chi connectivity index (χ1n) is 6.56. The van der Waals surface area contributed by atoms with Crippen LogP contribution in [0.4, 0.5) is 0 Å². The zero-order valence-electron chi connectivity index (χ0n) is 11.3. The van der Waals surface area contributed by atoms with Crippen molar-refractivity contribution in [2.24, 2.45) is 11.7 Å². The van der Waals surface area contributed by atoms with E-state index in [1.54, 1.807) is 0 Å². The molecule has 0 amide bonds. The molecule has 0 bridgehead atoms. The second-order valence-electron chi connectivity index (χ2n) is 5.03. The molecule has 2 heteroatoms. The number of thiophene rings is 1. The van der Waals surface area contributed by atoms with Gasteiger partial charge in [-0.05, 0) is 35.6 Å². The van der Waals surface area contributed by atoms with Crippen LogP contribution >= 0.6 is 11.3 Å². The van der Waals surface area contributed by atoms with Gasteiger partial charge in [0.05, 0.1) is 0 Å². The van der Waals surface area contributed by atoms with Gasteiger partial charge in [-0.25, -0.2) is 0 Å². The van der Waals surface area contributed by atoms with E-state index in [1.165, 1.54) is 20.9 Å². The Kier molecular flexibility index (Phi) is 4.20. The molecular formula is C16H21NS. The minimum Gasteiger partial charge on any atom is -0.323 e. The van der Waals surface area contributed by atoms with Crippen LogP contribution in [-0.2, 0) is 6.42 Å². The molecule has 0 aliphatic carbocycles. The van der Waals surface area contributed by atoms with E-state index >= 15 is 0 Å². The summed E-state index contributed by atoms with van der Waals surface area (Å²) in [5, 5.41) is 0. The highest BCUT2D eigenvalue weighted by Gasteiger charge is 2.13. The summed E-state index contributed by atoms with van der Waals surface area (Å²) in [5.41, 5.74) is 8.89. The summed E-state index contributed by atoms with van der Waals surface area (Å²) in [4.78, 5) is 2.60. The summed E-state index contributed by atoms with van der Waals surface area (Å²) < 4.78 is 0. The quantitative estimate of drug-likeness (QED) is 0.851. The Morgan fingerprint density at radius 1 is 1.17 bits per heavy atom. The van der Waals surface area contributed by atoms with Crippen molar-refractivity contribution in [3.63, 3.8) is 0 Å². The summed E-state index contributed by atoms with van der Waals surface area (Å²) in [6.07, 6.45) is 1.08. The molecule has 1 aromatic carbocycles. The number of hydrogen-bond acceptors (Lipinski definition) is 2. The zero-order valence-corrected chi connectivity index (χ0v) is 12.1. The van der Waals surface area contributed by atoms with Gasteiger partial charge in [0.1, 0.15) is 0 Å². The number of benzene rings is 1. The van der Waals surface area contributed by atoms with Crippen LogP contribution in [0.25, 0.3) is 10.4 Å². The van der Waals surface area contributed by atoms with E-state index in [-0.39, 0.29) is 6.04 Å². The summed E-state index contributed by atoms with van der Waals surface area (Å²) in [6.45, 7) is 6.52. The molecular weight excluding hydrogens is 238 g/mol. The molecule has 1 atom stereocenters. The summed E-state index contributed by atoms with van der Waals surface area (Å²) >= 11 is 1.82. The van der Waals surface area contributed by atoms with Gasteiger partial charge < -0.3 is 5.73 Å². The first kappa shape index (κ1) is 13.3. The fourth-order valence-electron chi connectivity index (χ4n) is 1.96. The molecule has 18 heavy (non-hydrogen) atoms. The Labute approximate surface area is 114 Å². The van der Waals surface area contributed by atoms with Crippen molar-refractivity contribution in [2.75, 3.05) is 0 Å². The molecule has 2 N–H and O–H groups in total. The van der Waals surface area contributed by atoms with Crippen molar-refractivity contribution < 1.29 is 0 Å². The van der Waals surface area contributed by atoms with E-state index in [2.05, 4.69) is 57.2 Å². The summed E-state index contributed by atoms with van der Waals surface area (Å²) in [6, 6.07) is 13.3. The first-order chi connectivity index (χ1) is 8.61. The second-order valence-corrected chi connectivity index (χ2v) is 6.14. The molecule has 1 unspecified atom stereocenters. The van der Waals surface area contributed by atoms with Crippen molar-refractivity contribution in [3.8, 4) is 10.4 Å². The van der Waals surface area contributed by atoms with Gasteiger partial charge in [-0.3, -0.25) is 0 Å². The average Bonchev–Trinajstić information content (AvgIpc) is 2.87. The highest BCUT2D eigenvalue weighted by molar-refractivity contribution is 7.15. The Balaban J connectivity index is 2.29. The molecule has 1 heterocycles. The Bertz CT molecular complexity index is 513. The molecule has 0 fully saturated rings. The van der Waals surface area contributed by atoms with Crippen LogP contribution in [0.1, 0.15) is 37.3 Å². The van der Waals surface area contributed by atoms with Crippen LogP contribution in [0.15, 0.2) is 36.4 Å². The second kappa shape index (κ2) is 5.68. The Hall–Kier alpha value is -1.12. The molecule has 0 aliphatic rings. The van der Waals surface area contributed by atoms with Gasteiger partial charge in [-0.15, -0.1) is 11.3 Å². The van der Waals surface area contributed by atoms with Gasteiger partial charge in [0, 0.05) is 15.8 Å². The predicted octanol–water partition coefficient (Wildman–Crippen LogP) is 4.63. The molecule has 0 saturated heterocycles. The smallest absolute Gasteiger partial charge is 0.0413 e. The number of nitrogens with two attached hydrogens (primary N) is 1. The third-order valence-corrected chi connectivity index (χ3v) is 4.53. The fourth-order valence-corrected chi connectivity index (χ4v) is 3.14. The zero-order chi connectivity index (χ0) is 13.1. The van der Waals surface area contributed by atoms with Crippen molar-refractivity contribution in [2.45, 2.75) is 33.2 Å². The van der Waals surface area contributed by atoms with E-state index in [4.69, 9.17) is 5.73 Å². The fraction of sp³-hybridized carbons (Fsp3) is 0.375. The summed E-state index contributed by atoms with van der Waals surface area (Å²) in [5.74, 6) is 0.485. The standard InChI is InChI=1S/C16H21NS/c1-4-12-6-5-7-13(10-12)14-8-9-15(18-14)16(17)11(2)3/h5-11,16H,4,17H2,1-3H3. The van der Waals surface area contributed by atoms with E-state index in [1.807, 2.05) is 11.3 Å². The monoisotopic (exact) mass is 259 g/mol. The van der Waals surface area contributed by atoms with Crippen LogP contribution in [-0.4, -0.2) is 0 Å². The molecule has 2 rings (SSSR count). The van der Waals surface area contributed by atoms with Gasteiger partial charge in [0.25, 0.3) is 0 Å². The van der Waals surface area contributed by atoms with Crippen LogP contribution < -0.4 is 5.73 Å². The first-order valence-corrected chi connectivity index (χ1v) is 7.38. The van der Waals surface area contributed by atoms with Gasteiger partial charge >= 0.3 is 0 Å². The average molecular weight is 259 g/mol.